The number of hydrogen-bond donors (Lipinski definition) is 0. The van der Waals surface area contributed by atoms with Gasteiger partial charge in [0.15, 0.2) is 0 Å². The second kappa shape index (κ2) is 3.67. The number of rotatable bonds is 0. The first-order chi connectivity index (χ1) is 7.56. The molecule has 0 spiro atoms. The van der Waals surface area contributed by atoms with Crippen LogP contribution in [-0.2, 0) is 4.74 Å². The van der Waals surface area contributed by atoms with Crippen LogP contribution in [0.5, 0.6) is 0 Å². The van der Waals surface area contributed by atoms with E-state index in [4.69, 9.17) is 4.74 Å². The standard InChI is InChI=1S/C13H15NO2/c1-8-5-6-11-9(2)7-14(13(15)16-4)12(11)10(8)3/h5-7H,1-4H3. The lowest BCUT2D eigenvalue weighted by molar-refractivity contribution is 0.174. The maximum atomic E-state index is 11.6. The van der Waals surface area contributed by atoms with Gasteiger partial charge in [-0.3, -0.25) is 4.57 Å². The molecule has 1 heterocycles. The first-order valence-electron chi connectivity index (χ1n) is 5.22. The average Bonchev–Trinajstić information content (AvgIpc) is 2.61. The third-order valence-electron chi connectivity index (χ3n) is 3.06. The van der Waals surface area contributed by atoms with Crippen LogP contribution in [0.3, 0.4) is 0 Å². The molecule has 0 saturated heterocycles. The molecule has 0 saturated carbocycles. The van der Waals surface area contributed by atoms with E-state index in [9.17, 15) is 4.79 Å². The highest BCUT2D eigenvalue weighted by atomic mass is 16.5. The van der Waals surface area contributed by atoms with Gasteiger partial charge in [0.1, 0.15) is 0 Å². The minimum atomic E-state index is -0.341. The number of fused-ring (bicyclic) bond motifs is 1. The number of aromatic nitrogens is 1. The Labute approximate surface area is 94.6 Å². The Kier molecular flexibility index (Phi) is 2.46. The minimum Gasteiger partial charge on any atom is -0.452 e. The van der Waals surface area contributed by atoms with E-state index in [0.717, 1.165) is 22.0 Å². The SMILES string of the molecule is COC(=O)n1cc(C)c2ccc(C)c(C)c21. The van der Waals surface area contributed by atoms with E-state index in [1.165, 1.54) is 12.7 Å². The summed E-state index contributed by atoms with van der Waals surface area (Å²) in [6.45, 7) is 6.06. The smallest absolute Gasteiger partial charge is 0.418 e. The van der Waals surface area contributed by atoms with Crippen LogP contribution in [0.1, 0.15) is 16.7 Å². The Morgan fingerprint density at radius 2 is 1.88 bits per heavy atom. The summed E-state index contributed by atoms with van der Waals surface area (Å²) in [5, 5.41) is 1.11. The molecular weight excluding hydrogens is 202 g/mol. The molecule has 84 valence electrons. The number of ether oxygens (including phenoxy) is 1. The molecule has 0 aliphatic heterocycles. The first-order valence-corrected chi connectivity index (χ1v) is 5.22. The summed E-state index contributed by atoms with van der Waals surface area (Å²) < 4.78 is 6.35. The number of methoxy groups -OCH3 is 1. The molecule has 1 aromatic carbocycles. The fourth-order valence-electron chi connectivity index (χ4n) is 2.00. The monoisotopic (exact) mass is 217 g/mol. The van der Waals surface area contributed by atoms with Crippen molar-refractivity contribution in [1.82, 2.24) is 4.57 Å². The van der Waals surface area contributed by atoms with Crippen LogP contribution in [0.2, 0.25) is 0 Å². The summed E-state index contributed by atoms with van der Waals surface area (Å²) in [6, 6.07) is 4.12. The lowest BCUT2D eigenvalue weighted by Gasteiger charge is -2.06. The normalized spacial score (nSPS) is 10.8. The lowest BCUT2D eigenvalue weighted by Crippen LogP contribution is -2.10. The van der Waals surface area contributed by atoms with Crippen molar-refractivity contribution in [3.63, 3.8) is 0 Å². The van der Waals surface area contributed by atoms with Gasteiger partial charge in [0.05, 0.1) is 12.6 Å². The van der Waals surface area contributed by atoms with Gasteiger partial charge in [-0.15, -0.1) is 0 Å². The fraction of sp³-hybridized carbons (Fsp3) is 0.308. The van der Waals surface area contributed by atoms with Gasteiger partial charge >= 0.3 is 6.09 Å². The summed E-state index contributed by atoms with van der Waals surface area (Å²) in [4.78, 5) is 11.6. The van der Waals surface area contributed by atoms with Gasteiger partial charge in [-0.2, -0.15) is 0 Å². The van der Waals surface area contributed by atoms with Crippen molar-refractivity contribution in [2.24, 2.45) is 0 Å². The third-order valence-corrected chi connectivity index (χ3v) is 3.06. The van der Waals surface area contributed by atoms with Crippen LogP contribution in [-0.4, -0.2) is 17.8 Å². The maximum Gasteiger partial charge on any atom is 0.418 e. The van der Waals surface area contributed by atoms with E-state index in [0.29, 0.717) is 0 Å². The van der Waals surface area contributed by atoms with Crippen molar-refractivity contribution in [1.29, 1.82) is 0 Å². The molecule has 0 N–H and O–H groups in total. The highest BCUT2D eigenvalue weighted by molar-refractivity contribution is 5.94. The van der Waals surface area contributed by atoms with Gasteiger partial charge in [0, 0.05) is 11.6 Å². The zero-order valence-electron chi connectivity index (χ0n) is 10.00. The predicted molar refractivity (Wildman–Crippen MR) is 64.0 cm³/mol. The van der Waals surface area contributed by atoms with Crippen molar-refractivity contribution in [2.45, 2.75) is 20.8 Å². The zero-order chi connectivity index (χ0) is 11.9. The highest BCUT2D eigenvalue weighted by Crippen LogP contribution is 2.26. The van der Waals surface area contributed by atoms with E-state index < -0.39 is 0 Å². The van der Waals surface area contributed by atoms with E-state index in [2.05, 4.69) is 6.07 Å². The Morgan fingerprint density at radius 1 is 1.19 bits per heavy atom. The molecule has 1 aromatic heterocycles. The summed E-state index contributed by atoms with van der Waals surface area (Å²) in [5.74, 6) is 0. The topological polar surface area (TPSA) is 31.2 Å². The second-order valence-electron chi connectivity index (χ2n) is 4.06. The van der Waals surface area contributed by atoms with Crippen molar-refractivity contribution < 1.29 is 9.53 Å². The molecule has 0 unspecified atom stereocenters. The van der Waals surface area contributed by atoms with Crippen LogP contribution < -0.4 is 0 Å². The van der Waals surface area contributed by atoms with Crippen molar-refractivity contribution in [2.75, 3.05) is 7.11 Å². The van der Waals surface area contributed by atoms with Gasteiger partial charge < -0.3 is 4.74 Å². The molecule has 0 bridgehead atoms. The van der Waals surface area contributed by atoms with Crippen molar-refractivity contribution >= 4 is 17.0 Å². The van der Waals surface area contributed by atoms with Crippen LogP contribution in [0.4, 0.5) is 4.79 Å². The molecule has 2 aromatic rings. The van der Waals surface area contributed by atoms with Gasteiger partial charge in [0.25, 0.3) is 0 Å². The molecular formula is C13H15NO2. The molecule has 0 aliphatic rings. The Hall–Kier alpha value is -1.77. The predicted octanol–water partition coefficient (Wildman–Crippen LogP) is 3.18. The molecule has 0 atom stereocenters. The summed E-state index contributed by atoms with van der Waals surface area (Å²) in [5.41, 5.74) is 4.33. The number of carbonyl (C=O) groups is 1. The quantitative estimate of drug-likeness (QED) is 0.678. The van der Waals surface area contributed by atoms with Crippen molar-refractivity contribution in [3.8, 4) is 0 Å². The number of hydrogen-bond acceptors (Lipinski definition) is 2. The number of nitrogens with zero attached hydrogens (tertiary/aromatic N) is 1. The molecule has 0 radical (unpaired) electrons. The fourth-order valence-corrected chi connectivity index (χ4v) is 2.00. The Balaban J connectivity index is 2.85. The number of aryl methyl sites for hydroxylation is 3. The van der Waals surface area contributed by atoms with Crippen LogP contribution in [0, 0.1) is 20.8 Å². The summed E-state index contributed by atoms with van der Waals surface area (Å²) in [7, 11) is 1.40. The van der Waals surface area contributed by atoms with E-state index in [1.54, 1.807) is 4.57 Å². The molecule has 0 amide bonds. The van der Waals surface area contributed by atoms with Gasteiger partial charge in [-0.1, -0.05) is 12.1 Å². The molecule has 3 nitrogen and oxygen atoms in total. The third kappa shape index (κ3) is 1.40. The van der Waals surface area contributed by atoms with E-state index in [-0.39, 0.29) is 6.09 Å². The van der Waals surface area contributed by atoms with E-state index >= 15 is 0 Å². The Bertz CT molecular complexity index is 567. The van der Waals surface area contributed by atoms with Gasteiger partial charge in [-0.25, -0.2) is 4.79 Å². The summed E-state index contributed by atoms with van der Waals surface area (Å²) in [6.07, 6.45) is 1.48. The first kappa shape index (κ1) is 10.7. The van der Waals surface area contributed by atoms with Gasteiger partial charge in [0.2, 0.25) is 0 Å². The van der Waals surface area contributed by atoms with Crippen LogP contribution in [0.25, 0.3) is 10.9 Å². The zero-order valence-corrected chi connectivity index (χ0v) is 10.00. The maximum absolute atomic E-state index is 11.6. The largest absolute Gasteiger partial charge is 0.452 e. The molecule has 0 aliphatic carbocycles. The van der Waals surface area contributed by atoms with Crippen LogP contribution >= 0.6 is 0 Å². The van der Waals surface area contributed by atoms with E-state index in [1.807, 2.05) is 33.0 Å². The van der Waals surface area contributed by atoms with Crippen LogP contribution in [0.15, 0.2) is 18.3 Å². The molecule has 2 rings (SSSR count). The average molecular weight is 217 g/mol. The van der Waals surface area contributed by atoms with Gasteiger partial charge in [-0.05, 0) is 37.5 Å². The lowest BCUT2D eigenvalue weighted by atomic mass is 10.1. The highest BCUT2D eigenvalue weighted by Gasteiger charge is 2.14. The van der Waals surface area contributed by atoms with Crippen molar-refractivity contribution in [3.05, 3.63) is 35.0 Å². The molecule has 16 heavy (non-hydrogen) atoms. The minimum absolute atomic E-state index is 0.341. The number of carbonyl (C=O) groups excluding carboxylic acids is 1. The number of benzene rings is 1. The molecule has 3 heteroatoms. The summed E-state index contributed by atoms with van der Waals surface area (Å²) >= 11 is 0. The second-order valence-corrected chi connectivity index (χ2v) is 4.06. The Morgan fingerprint density at radius 3 is 2.50 bits per heavy atom. The molecule has 0 fully saturated rings.